The molecule has 1 heterocycles. The second kappa shape index (κ2) is 6.55. The van der Waals surface area contributed by atoms with Gasteiger partial charge in [-0.25, -0.2) is 4.98 Å². The van der Waals surface area contributed by atoms with Crippen LogP contribution in [0.4, 0.5) is 10.8 Å². The summed E-state index contributed by atoms with van der Waals surface area (Å²) >= 11 is 7.10. The van der Waals surface area contributed by atoms with Gasteiger partial charge in [0, 0.05) is 10.4 Å². The van der Waals surface area contributed by atoms with Crippen molar-refractivity contribution in [2.24, 2.45) is 0 Å². The smallest absolute Gasteiger partial charge is 0.315 e. The zero-order valence-electron chi connectivity index (χ0n) is 11.3. The Hall–Kier alpha value is -2.12. The van der Waals surface area contributed by atoms with Crippen LogP contribution in [0.5, 0.6) is 5.75 Å². The molecule has 0 saturated carbocycles. The average molecular weight is 326 g/mol. The highest BCUT2D eigenvalue weighted by Crippen LogP contribution is 2.27. The van der Waals surface area contributed by atoms with E-state index in [-0.39, 0.29) is 0 Å². The minimum atomic E-state index is -0.830. The molecule has 0 aliphatic carbocycles. The van der Waals surface area contributed by atoms with Gasteiger partial charge in [-0.2, -0.15) is 0 Å². The molecule has 2 amide bonds. The Morgan fingerprint density at radius 2 is 2.00 bits per heavy atom. The first kappa shape index (κ1) is 15.3. The van der Waals surface area contributed by atoms with E-state index >= 15 is 0 Å². The van der Waals surface area contributed by atoms with Crippen molar-refractivity contribution in [1.82, 2.24) is 4.98 Å². The fourth-order valence-corrected chi connectivity index (χ4v) is 2.38. The molecule has 0 radical (unpaired) electrons. The number of halogens is 1. The first-order valence-electron chi connectivity index (χ1n) is 5.87. The molecule has 6 nitrogen and oxygen atoms in total. The summed E-state index contributed by atoms with van der Waals surface area (Å²) in [4.78, 5) is 27.7. The van der Waals surface area contributed by atoms with Crippen molar-refractivity contribution in [3.8, 4) is 5.75 Å². The highest BCUT2D eigenvalue weighted by molar-refractivity contribution is 7.14. The Morgan fingerprint density at radius 1 is 1.29 bits per heavy atom. The van der Waals surface area contributed by atoms with Crippen molar-refractivity contribution >= 4 is 45.6 Å². The molecule has 2 rings (SSSR count). The Labute approximate surface area is 130 Å². The number of hydrogen-bond acceptors (Lipinski definition) is 5. The zero-order chi connectivity index (χ0) is 15.4. The van der Waals surface area contributed by atoms with E-state index < -0.39 is 11.8 Å². The predicted molar refractivity (Wildman–Crippen MR) is 82.1 cm³/mol. The van der Waals surface area contributed by atoms with Crippen molar-refractivity contribution < 1.29 is 14.3 Å². The first-order valence-corrected chi connectivity index (χ1v) is 7.13. The number of nitrogens with one attached hydrogen (secondary N) is 2. The number of anilines is 2. The quantitative estimate of drug-likeness (QED) is 0.850. The molecule has 8 heteroatoms. The minimum Gasteiger partial charge on any atom is -0.495 e. The van der Waals surface area contributed by atoms with Crippen LogP contribution in [-0.2, 0) is 9.59 Å². The van der Waals surface area contributed by atoms with Crippen molar-refractivity contribution in [2.75, 3.05) is 17.7 Å². The number of ether oxygens (including phenoxy) is 1. The van der Waals surface area contributed by atoms with Crippen LogP contribution in [0.15, 0.2) is 23.6 Å². The lowest BCUT2D eigenvalue weighted by atomic mass is 10.3. The Balaban J connectivity index is 2.07. The number of benzene rings is 1. The van der Waals surface area contributed by atoms with Gasteiger partial charge in [-0.05, 0) is 25.1 Å². The SMILES string of the molecule is COc1ccc(Cl)cc1NC(=O)C(=O)Nc1nc(C)cs1. The molecule has 21 heavy (non-hydrogen) atoms. The molecule has 0 spiro atoms. The summed E-state index contributed by atoms with van der Waals surface area (Å²) in [7, 11) is 1.46. The average Bonchev–Trinajstić information content (AvgIpc) is 2.84. The van der Waals surface area contributed by atoms with E-state index in [4.69, 9.17) is 16.3 Å². The topological polar surface area (TPSA) is 80.3 Å². The summed E-state index contributed by atoms with van der Waals surface area (Å²) in [5, 5.41) is 7.42. The van der Waals surface area contributed by atoms with E-state index in [2.05, 4.69) is 15.6 Å². The van der Waals surface area contributed by atoms with Gasteiger partial charge < -0.3 is 10.1 Å². The van der Waals surface area contributed by atoms with Gasteiger partial charge in [0.05, 0.1) is 18.5 Å². The number of methoxy groups -OCH3 is 1. The third-order valence-electron chi connectivity index (χ3n) is 2.46. The van der Waals surface area contributed by atoms with Gasteiger partial charge >= 0.3 is 11.8 Å². The van der Waals surface area contributed by atoms with Crippen LogP contribution < -0.4 is 15.4 Å². The monoisotopic (exact) mass is 325 g/mol. The van der Waals surface area contributed by atoms with Crippen LogP contribution in [0.2, 0.25) is 5.02 Å². The van der Waals surface area contributed by atoms with Gasteiger partial charge in [0.1, 0.15) is 5.75 Å². The van der Waals surface area contributed by atoms with E-state index in [1.165, 1.54) is 24.5 Å². The number of aryl methyl sites for hydroxylation is 1. The Bertz CT molecular complexity index is 687. The molecule has 0 unspecified atom stereocenters. The number of thiazole rings is 1. The maximum Gasteiger partial charge on any atom is 0.315 e. The maximum atomic E-state index is 11.9. The van der Waals surface area contributed by atoms with Gasteiger partial charge in [-0.3, -0.25) is 14.9 Å². The number of carbonyl (C=O) groups excluding carboxylic acids is 2. The first-order chi connectivity index (χ1) is 9.99. The molecule has 0 atom stereocenters. The summed E-state index contributed by atoms with van der Waals surface area (Å²) in [6.45, 7) is 1.79. The van der Waals surface area contributed by atoms with Crippen LogP contribution in [0, 0.1) is 6.92 Å². The van der Waals surface area contributed by atoms with Crippen molar-refractivity contribution in [1.29, 1.82) is 0 Å². The third-order valence-corrected chi connectivity index (χ3v) is 3.57. The normalized spacial score (nSPS) is 10.0. The van der Waals surface area contributed by atoms with E-state index in [9.17, 15) is 9.59 Å². The molecule has 1 aromatic heterocycles. The highest BCUT2D eigenvalue weighted by atomic mass is 35.5. The van der Waals surface area contributed by atoms with Crippen LogP contribution in [0.1, 0.15) is 5.69 Å². The molecule has 0 bridgehead atoms. The summed E-state index contributed by atoms with van der Waals surface area (Å²) in [6.07, 6.45) is 0. The van der Waals surface area contributed by atoms with Crippen molar-refractivity contribution in [3.63, 3.8) is 0 Å². The predicted octanol–water partition coefficient (Wildman–Crippen LogP) is 2.69. The van der Waals surface area contributed by atoms with E-state index in [0.717, 1.165) is 5.69 Å². The largest absolute Gasteiger partial charge is 0.495 e. The molecule has 2 aromatic rings. The lowest BCUT2D eigenvalue weighted by Crippen LogP contribution is -2.29. The van der Waals surface area contributed by atoms with Gasteiger partial charge in [-0.15, -0.1) is 11.3 Å². The fourth-order valence-electron chi connectivity index (χ4n) is 1.52. The molecule has 0 saturated heterocycles. The second-order valence-electron chi connectivity index (χ2n) is 4.05. The van der Waals surface area contributed by atoms with Crippen molar-refractivity contribution in [2.45, 2.75) is 6.92 Å². The Kier molecular flexibility index (Phi) is 4.77. The Morgan fingerprint density at radius 3 is 2.62 bits per heavy atom. The van der Waals surface area contributed by atoms with Gasteiger partial charge in [0.25, 0.3) is 0 Å². The van der Waals surface area contributed by atoms with Crippen LogP contribution in [0.3, 0.4) is 0 Å². The lowest BCUT2D eigenvalue weighted by Gasteiger charge is -2.10. The number of carbonyl (C=O) groups is 2. The summed E-state index contributed by atoms with van der Waals surface area (Å²) in [6, 6.07) is 4.72. The van der Waals surface area contributed by atoms with E-state index in [1.807, 2.05) is 0 Å². The number of amides is 2. The fraction of sp³-hybridized carbons (Fsp3) is 0.154. The molecule has 0 fully saturated rings. The van der Waals surface area contributed by atoms with Crippen LogP contribution in [-0.4, -0.2) is 23.9 Å². The second-order valence-corrected chi connectivity index (χ2v) is 5.34. The molecule has 1 aromatic carbocycles. The summed E-state index contributed by atoms with van der Waals surface area (Å²) in [5.74, 6) is -1.24. The molecular weight excluding hydrogens is 314 g/mol. The molecule has 0 aliphatic heterocycles. The molecule has 0 aliphatic rings. The molecule has 2 N–H and O–H groups in total. The summed E-state index contributed by atoms with van der Waals surface area (Å²) < 4.78 is 5.09. The van der Waals surface area contributed by atoms with Crippen molar-refractivity contribution in [3.05, 3.63) is 34.3 Å². The number of rotatable bonds is 3. The summed E-state index contributed by atoms with van der Waals surface area (Å²) in [5.41, 5.74) is 1.09. The standard InChI is InChI=1S/C13H12ClN3O3S/c1-7-6-21-13(15-7)17-12(19)11(18)16-9-5-8(14)3-4-10(9)20-2/h3-6H,1-2H3,(H,16,18)(H,15,17,19). The van der Waals surface area contributed by atoms with E-state index in [1.54, 1.807) is 24.4 Å². The van der Waals surface area contributed by atoms with E-state index in [0.29, 0.717) is 21.6 Å². The van der Waals surface area contributed by atoms with Gasteiger partial charge in [0.15, 0.2) is 5.13 Å². The zero-order valence-corrected chi connectivity index (χ0v) is 12.8. The molecular formula is C13H12ClN3O3S. The maximum absolute atomic E-state index is 11.9. The number of hydrogen-bond donors (Lipinski definition) is 2. The van der Waals surface area contributed by atoms with Crippen LogP contribution >= 0.6 is 22.9 Å². The highest BCUT2D eigenvalue weighted by Gasteiger charge is 2.17. The van der Waals surface area contributed by atoms with Crippen LogP contribution in [0.25, 0.3) is 0 Å². The number of nitrogens with zero attached hydrogens (tertiary/aromatic N) is 1. The van der Waals surface area contributed by atoms with Gasteiger partial charge in [-0.1, -0.05) is 11.6 Å². The minimum absolute atomic E-state index is 0.320. The third kappa shape index (κ3) is 3.93. The van der Waals surface area contributed by atoms with Gasteiger partial charge in [0.2, 0.25) is 0 Å². The number of aromatic nitrogens is 1. The lowest BCUT2D eigenvalue weighted by molar-refractivity contribution is -0.133. The molecule has 110 valence electrons.